The second kappa shape index (κ2) is 9.62. The van der Waals surface area contributed by atoms with Gasteiger partial charge in [0.15, 0.2) is 0 Å². The first-order chi connectivity index (χ1) is 13.9. The first kappa shape index (κ1) is 20.9. The summed E-state index contributed by atoms with van der Waals surface area (Å²) in [5.74, 6) is -1.07. The van der Waals surface area contributed by atoms with E-state index in [4.69, 9.17) is 10.8 Å². The van der Waals surface area contributed by atoms with Crippen LogP contribution in [0.1, 0.15) is 41.7 Å². The van der Waals surface area contributed by atoms with E-state index in [1.165, 1.54) is 10.2 Å². The van der Waals surface area contributed by atoms with Crippen LogP contribution in [-0.4, -0.2) is 63.1 Å². The van der Waals surface area contributed by atoms with E-state index in [-0.39, 0.29) is 24.8 Å². The number of carbonyl (C=O) groups excluding carboxylic acids is 1. The average Bonchev–Trinajstić information content (AvgIpc) is 3.20. The number of amides is 1. The molecule has 9 heteroatoms. The van der Waals surface area contributed by atoms with Crippen molar-refractivity contribution in [1.82, 2.24) is 25.2 Å². The zero-order valence-corrected chi connectivity index (χ0v) is 16.6. The number of aliphatic carboxylic acids is 1. The predicted molar refractivity (Wildman–Crippen MR) is 107 cm³/mol. The van der Waals surface area contributed by atoms with Gasteiger partial charge in [-0.1, -0.05) is 35.0 Å². The van der Waals surface area contributed by atoms with Crippen LogP contribution in [0.25, 0.3) is 0 Å². The van der Waals surface area contributed by atoms with Crippen molar-refractivity contribution in [3.05, 3.63) is 47.3 Å². The number of aromatic nitrogens is 3. The number of nitrogens with one attached hydrogen (secondary N) is 1. The van der Waals surface area contributed by atoms with E-state index in [1.807, 2.05) is 31.2 Å². The quantitative estimate of drug-likeness (QED) is 0.594. The maximum Gasteiger partial charge on any atom is 0.303 e. The normalized spacial score (nSPS) is 16.4. The molecule has 29 heavy (non-hydrogen) atoms. The molecule has 0 spiro atoms. The van der Waals surface area contributed by atoms with Gasteiger partial charge in [0, 0.05) is 32.6 Å². The van der Waals surface area contributed by atoms with E-state index < -0.39 is 12.0 Å². The number of nitrogens with zero attached hydrogens (tertiary/aromatic N) is 4. The molecule has 4 N–H and O–H groups in total. The first-order valence-electron chi connectivity index (χ1n) is 9.88. The van der Waals surface area contributed by atoms with Gasteiger partial charge in [0.05, 0.1) is 17.9 Å². The Morgan fingerprint density at radius 3 is 2.59 bits per heavy atom. The second-order valence-corrected chi connectivity index (χ2v) is 7.44. The monoisotopic (exact) mass is 400 g/mol. The summed E-state index contributed by atoms with van der Waals surface area (Å²) in [4.78, 5) is 25.8. The minimum Gasteiger partial charge on any atom is -0.481 e. The Morgan fingerprint density at radius 1 is 1.24 bits per heavy atom. The molecule has 1 fully saturated rings. The van der Waals surface area contributed by atoms with Crippen LogP contribution in [0, 0.1) is 6.92 Å². The minimum absolute atomic E-state index is 0.118. The fourth-order valence-corrected chi connectivity index (χ4v) is 3.42. The molecule has 2 aromatic rings. The molecular weight excluding hydrogens is 372 g/mol. The number of carboxylic acid groups (broad SMARTS) is 1. The van der Waals surface area contributed by atoms with Gasteiger partial charge < -0.3 is 21.1 Å². The summed E-state index contributed by atoms with van der Waals surface area (Å²) in [5.41, 5.74) is 9.16. The molecule has 0 unspecified atom stereocenters. The molecule has 1 aliphatic rings. The lowest BCUT2D eigenvalue weighted by molar-refractivity contribution is -0.139. The predicted octanol–water partition coefficient (Wildman–Crippen LogP) is 0.667. The first-order valence-corrected chi connectivity index (χ1v) is 9.88. The molecule has 0 aliphatic carbocycles. The number of benzene rings is 1. The number of piperazine rings is 1. The third-order valence-corrected chi connectivity index (χ3v) is 5.15. The number of aryl methyl sites for hydroxylation is 1. The Labute approximate surface area is 169 Å². The van der Waals surface area contributed by atoms with Crippen molar-refractivity contribution >= 4 is 11.9 Å². The van der Waals surface area contributed by atoms with Crippen molar-refractivity contribution < 1.29 is 14.7 Å². The van der Waals surface area contributed by atoms with Gasteiger partial charge in [0.25, 0.3) is 0 Å². The van der Waals surface area contributed by atoms with Crippen molar-refractivity contribution in [3.8, 4) is 0 Å². The zero-order chi connectivity index (χ0) is 20.8. The number of rotatable bonds is 8. The number of carboxylic acids is 1. The fourth-order valence-electron chi connectivity index (χ4n) is 3.42. The van der Waals surface area contributed by atoms with Crippen LogP contribution < -0.4 is 11.1 Å². The van der Waals surface area contributed by atoms with Gasteiger partial charge in [-0.05, 0) is 25.3 Å². The molecule has 2 heterocycles. The number of hydrogen-bond donors (Lipinski definition) is 3. The van der Waals surface area contributed by atoms with Crippen LogP contribution in [0.2, 0.25) is 0 Å². The summed E-state index contributed by atoms with van der Waals surface area (Å²) in [6.45, 7) is 4.67. The highest BCUT2D eigenvalue weighted by Crippen LogP contribution is 2.20. The molecular formula is C20H28N6O3. The molecule has 9 nitrogen and oxygen atoms in total. The molecule has 0 radical (unpaired) electrons. The maximum absolute atomic E-state index is 13.0. The Morgan fingerprint density at radius 2 is 1.93 bits per heavy atom. The van der Waals surface area contributed by atoms with Gasteiger partial charge in [0.2, 0.25) is 5.91 Å². The highest BCUT2D eigenvalue weighted by atomic mass is 16.4. The number of nitrogens with two attached hydrogens (primary N) is 1. The van der Waals surface area contributed by atoms with Gasteiger partial charge in [-0.3, -0.25) is 9.59 Å². The van der Waals surface area contributed by atoms with Crippen molar-refractivity contribution in [3.63, 3.8) is 0 Å². The Balaban J connectivity index is 1.73. The smallest absolute Gasteiger partial charge is 0.303 e. The van der Waals surface area contributed by atoms with Crippen molar-refractivity contribution in [2.45, 2.75) is 38.3 Å². The summed E-state index contributed by atoms with van der Waals surface area (Å²) >= 11 is 0. The van der Waals surface area contributed by atoms with Gasteiger partial charge in [-0.2, -0.15) is 0 Å². The van der Waals surface area contributed by atoms with Crippen molar-refractivity contribution in [2.75, 3.05) is 26.2 Å². The molecule has 1 saturated heterocycles. The minimum atomic E-state index is -0.945. The van der Waals surface area contributed by atoms with E-state index in [1.54, 1.807) is 11.1 Å². The van der Waals surface area contributed by atoms with E-state index in [9.17, 15) is 9.59 Å². The topological polar surface area (TPSA) is 126 Å². The summed E-state index contributed by atoms with van der Waals surface area (Å²) < 4.78 is 1.47. The SMILES string of the molecule is Cc1ccc(C[C@H](N)c2cn([C@@H](CCC(=O)O)C(=O)N3CCNCC3)nn2)cc1. The van der Waals surface area contributed by atoms with Crippen LogP contribution in [0.5, 0.6) is 0 Å². The average molecular weight is 400 g/mol. The van der Waals surface area contributed by atoms with Crippen LogP contribution >= 0.6 is 0 Å². The van der Waals surface area contributed by atoms with Crippen LogP contribution in [0.15, 0.2) is 30.5 Å². The fraction of sp³-hybridized carbons (Fsp3) is 0.500. The molecule has 1 aromatic carbocycles. The lowest BCUT2D eigenvalue weighted by atomic mass is 10.0. The molecule has 0 bridgehead atoms. The standard InChI is InChI=1S/C20H28N6O3/c1-14-2-4-15(5-3-14)12-16(21)17-13-26(24-23-17)18(6-7-19(27)28)20(29)25-10-8-22-9-11-25/h2-5,13,16,18,22H,6-12,21H2,1H3,(H,27,28)/t16-,18-/m0/s1. The molecule has 1 amide bonds. The molecule has 156 valence electrons. The number of hydrogen-bond acceptors (Lipinski definition) is 6. The summed E-state index contributed by atoms with van der Waals surface area (Å²) in [7, 11) is 0. The summed E-state index contributed by atoms with van der Waals surface area (Å²) in [6, 6.07) is 7.07. The van der Waals surface area contributed by atoms with Crippen LogP contribution in [0.3, 0.4) is 0 Å². The van der Waals surface area contributed by atoms with Gasteiger partial charge in [-0.15, -0.1) is 5.10 Å². The van der Waals surface area contributed by atoms with Gasteiger partial charge >= 0.3 is 5.97 Å². The number of carbonyl (C=O) groups is 2. The van der Waals surface area contributed by atoms with E-state index in [2.05, 4.69) is 15.6 Å². The maximum atomic E-state index is 13.0. The lowest BCUT2D eigenvalue weighted by Crippen LogP contribution is -2.48. The second-order valence-electron chi connectivity index (χ2n) is 7.44. The van der Waals surface area contributed by atoms with Gasteiger partial charge in [-0.25, -0.2) is 4.68 Å². The highest BCUT2D eigenvalue weighted by molar-refractivity contribution is 5.81. The Bertz CT molecular complexity index is 829. The van der Waals surface area contributed by atoms with E-state index in [0.29, 0.717) is 25.2 Å². The lowest BCUT2D eigenvalue weighted by Gasteiger charge is -2.30. The zero-order valence-electron chi connectivity index (χ0n) is 16.6. The van der Waals surface area contributed by atoms with Crippen LogP contribution in [-0.2, 0) is 16.0 Å². The van der Waals surface area contributed by atoms with Crippen LogP contribution in [0.4, 0.5) is 0 Å². The van der Waals surface area contributed by atoms with Crippen molar-refractivity contribution in [2.24, 2.45) is 5.73 Å². The largest absolute Gasteiger partial charge is 0.481 e. The molecule has 3 rings (SSSR count). The molecule has 0 saturated carbocycles. The summed E-state index contributed by atoms with van der Waals surface area (Å²) in [6.07, 6.45) is 2.32. The third-order valence-electron chi connectivity index (χ3n) is 5.15. The van der Waals surface area contributed by atoms with Crippen molar-refractivity contribution in [1.29, 1.82) is 0 Å². The highest BCUT2D eigenvalue weighted by Gasteiger charge is 2.29. The Kier molecular flexibility index (Phi) is 6.95. The third kappa shape index (κ3) is 5.61. The van der Waals surface area contributed by atoms with E-state index >= 15 is 0 Å². The van der Waals surface area contributed by atoms with E-state index in [0.717, 1.165) is 18.7 Å². The molecule has 1 aromatic heterocycles. The Hall–Kier alpha value is -2.78. The molecule has 1 aliphatic heterocycles. The molecule has 2 atom stereocenters. The summed E-state index contributed by atoms with van der Waals surface area (Å²) in [5, 5.41) is 20.6. The van der Waals surface area contributed by atoms with Gasteiger partial charge in [0.1, 0.15) is 6.04 Å².